The van der Waals surface area contributed by atoms with Gasteiger partial charge in [0.05, 0.1) is 19.2 Å². The summed E-state index contributed by atoms with van der Waals surface area (Å²) in [4.78, 5) is 25.1. The van der Waals surface area contributed by atoms with Crippen molar-refractivity contribution in [3.05, 3.63) is 90.0 Å². The van der Waals surface area contributed by atoms with Crippen molar-refractivity contribution in [1.29, 1.82) is 0 Å². The van der Waals surface area contributed by atoms with E-state index in [1.165, 1.54) is 19.3 Å². The maximum atomic E-state index is 12.7. The van der Waals surface area contributed by atoms with Gasteiger partial charge in [0, 0.05) is 16.9 Å². The molecule has 2 amide bonds. The highest BCUT2D eigenvalue weighted by atomic mass is 16.5. The molecule has 0 aliphatic carbocycles. The minimum atomic E-state index is -0.175. The van der Waals surface area contributed by atoms with Crippen LogP contribution in [0.4, 0.5) is 11.4 Å². The summed E-state index contributed by atoms with van der Waals surface area (Å²) in [6.45, 7) is 4.93. The fourth-order valence-electron chi connectivity index (χ4n) is 3.62. The Labute approximate surface area is 208 Å². The highest BCUT2D eigenvalue weighted by molar-refractivity contribution is 5.96. The molecule has 3 rings (SSSR count). The van der Waals surface area contributed by atoms with Crippen LogP contribution >= 0.6 is 0 Å². The number of carbonyl (C=O) groups is 2. The first-order valence-electron chi connectivity index (χ1n) is 12.3. The van der Waals surface area contributed by atoms with E-state index >= 15 is 0 Å². The third kappa shape index (κ3) is 8.81. The lowest BCUT2D eigenvalue weighted by Crippen LogP contribution is -2.26. The van der Waals surface area contributed by atoms with Crippen LogP contribution in [0.25, 0.3) is 0 Å². The molecule has 3 N–H and O–H groups in total. The zero-order chi connectivity index (χ0) is 24.9. The zero-order valence-corrected chi connectivity index (χ0v) is 20.6. The van der Waals surface area contributed by atoms with Gasteiger partial charge in [0.2, 0.25) is 5.91 Å². The average Bonchev–Trinajstić information content (AvgIpc) is 2.89. The highest BCUT2D eigenvalue weighted by Gasteiger charge is 2.12. The molecule has 0 aromatic heterocycles. The second kappa shape index (κ2) is 13.8. The molecule has 6 heteroatoms. The smallest absolute Gasteiger partial charge is 0.251 e. The molecule has 184 valence electrons. The normalized spacial score (nSPS) is 11.4. The maximum absolute atomic E-state index is 12.7. The minimum absolute atomic E-state index is 0.0845. The van der Waals surface area contributed by atoms with E-state index in [2.05, 4.69) is 22.9 Å². The Bertz CT molecular complexity index is 1070. The number of hydrogen-bond acceptors (Lipinski definition) is 4. The highest BCUT2D eigenvalue weighted by Crippen LogP contribution is 2.17. The van der Waals surface area contributed by atoms with Crippen LogP contribution in [0.15, 0.2) is 78.9 Å². The molecule has 0 bridgehead atoms. The Kier molecular flexibility index (Phi) is 10.2. The van der Waals surface area contributed by atoms with E-state index in [0.29, 0.717) is 23.5 Å². The van der Waals surface area contributed by atoms with Crippen LogP contribution in [0, 0.1) is 0 Å². The van der Waals surface area contributed by atoms with Gasteiger partial charge in [-0.05, 0) is 61.4 Å². The first-order chi connectivity index (χ1) is 17.0. The van der Waals surface area contributed by atoms with Gasteiger partial charge in [0.1, 0.15) is 5.75 Å². The molecule has 0 spiro atoms. The van der Waals surface area contributed by atoms with E-state index in [-0.39, 0.29) is 24.4 Å². The van der Waals surface area contributed by atoms with Crippen LogP contribution in [0.3, 0.4) is 0 Å². The molecule has 6 nitrogen and oxygen atoms in total. The summed E-state index contributed by atoms with van der Waals surface area (Å²) < 4.78 is 5.74. The molecular formula is C29H35N3O3. The second-order valence-corrected chi connectivity index (χ2v) is 8.52. The maximum Gasteiger partial charge on any atom is 0.251 e. The second-order valence-electron chi connectivity index (χ2n) is 8.52. The fourth-order valence-corrected chi connectivity index (χ4v) is 3.62. The van der Waals surface area contributed by atoms with Gasteiger partial charge in [-0.1, -0.05) is 62.6 Å². The topological polar surface area (TPSA) is 79.5 Å². The number of nitrogens with one attached hydrogen (secondary N) is 3. The Hall–Kier alpha value is -3.80. The van der Waals surface area contributed by atoms with E-state index in [0.717, 1.165) is 17.7 Å². The van der Waals surface area contributed by atoms with Crippen molar-refractivity contribution in [2.24, 2.45) is 0 Å². The summed E-state index contributed by atoms with van der Waals surface area (Å²) in [6.07, 6.45) is 4.66. The Balaban J connectivity index is 1.44. The van der Waals surface area contributed by atoms with Gasteiger partial charge in [-0.15, -0.1) is 0 Å². The van der Waals surface area contributed by atoms with Crippen molar-refractivity contribution in [2.75, 3.05) is 23.8 Å². The molecule has 0 aliphatic heterocycles. The van der Waals surface area contributed by atoms with Gasteiger partial charge >= 0.3 is 0 Å². The summed E-state index contributed by atoms with van der Waals surface area (Å²) in [6, 6.07) is 24.2. The standard InChI is InChI=1S/C29H35N3O3/c1-3-4-5-9-19-35-27-17-15-25(16-18-27)32-28(33)21-30-26-14-10-13-24(20-26)29(34)31-22(2)23-11-7-6-8-12-23/h6-8,10-18,20,22,30H,3-5,9,19,21H2,1-2H3,(H,31,34)(H,32,33). The molecule has 3 aromatic rings. The number of benzene rings is 3. The lowest BCUT2D eigenvalue weighted by atomic mass is 10.1. The quantitative estimate of drug-likeness (QED) is 0.259. The van der Waals surface area contributed by atoms with Crippen LogP contribution in [0.1, 0.15) is 61.5 Å². The van der Waals surface area contributed by atoms with Crippen molar-refractivity contribution in [3.8, 4) is 5.75 Å². The van der Waals surface area contributed by atoms with E-state index in [1.807, 2.05) is 67.6 Å². The first kappa shape index (κ1) is 25.8. The molecule has 0 radical (unpaired) electrons. The number of anilines is 2. The van der Waals surface area contributed by atoms with E-state index in [1.54, 1.807) is 18.2 Å². The molecular weight excluding hydrogens is 438 g/mol. The molecule has 0 heterocycles. The predicted molar refractivity (Wildman–Crippen MR) is 142 cm³/mol. The Morgan fingerprint density at radius 2 is 1.63 bits per heavy atom. The van der Waals surface area contributed by atoms with Crippen molar-refractivity contribution >= 4 is 23.2 Å². The monoisotopic (exact) mass is 473 g/mol. The summed E-state index contributed by atoms with van der Waals surface area (Å²) >= 11 is 0. The lowest BCUT2D eigenvalue weighted by Gasteiger charge is -2.15. The minimum Gasteiger partial charge on any atom is -0.494 e. The van der Waals surface area contributed by atoms with Gasteiger partial charge < -0.3 is 20.7 Å². The van der Waals surface area contributed by atoms with Crippen LogP contribution < -0.4 is 20.7 Å². The Morgan fingerprint density at radius 3 is 2.37 bits per heavy atom. The Morgan fingerprint density at radius 1 is 0.857 bits per heavy atom. The summed E-state index contributed by atoms with van der Waals surface area (Å²) in [5, 5.41) is 8.96. The van der Waals surface area contributed by atoms with Gasteiger partial charge in [-0.3, -0.25) is 9.59 Å². The number of unbranched alkanes of at least 4 members (excludes halogenated alkanes) is 3. The lowest BCUT2D eigenvalue weighted by molar-refractivity contribution is -0.114. The van der Waals surface area contributed by atoms with Crippen LogP contribution in [0.5, 0.6) is 5.75 Å². The summed E-state index contributed by atoms with van der Waals surface area (Å²) in [7, 11) is 0. The van der Waals surface area contributed by atoms with E-state index < -0.39 is 0 Å². The fraction of sp³-hybridized carbons (Fsp3) is 0.310. The van der Waals surface area contributed by atoms with Gasteiger partial charge in [-0.25, -0.2) is 0 Å². The molecule has 0 saturated heterocycles. The van der Waals surface area contributed by atoms with Gasteiger partial charge in [-0.2, -0.15) is 0 Å². The molecule has 1 unspecified atom stereocenters. The first-order valence-corrected chi connectivity index (χ1v) is 12.3. The van der Waals surface area contributed by atoms with Crippen LogP contribution in [-0.4, -0.2) is 25.0 Å². The van der Waals surface area contributed by atoms with Crippen LogP contribution in [0.2, 0.25) is 0 Å². The van der Waals surface area contributed by atoms with Crippen molar-refractivity contribution in [3.63, 3.8) is 0 Å². The SMILES string of the molecule is CCCCCCOc1ccc(NC(=O)CNc2cccc(C(=O)NC(C)c3ccccc3)c2)cc1. The summed E-state index contributed by atoms with van der Waals surface area (Å²) in [5.74, 6) is 0.460. The molecule has 3 aromatic carbocycles. The third-order valence-electron chi connectivity index (χ3n) is 5.63. The van der Waals surface area contributed by atoms with Crippen LogP contribution in [-0.2, 0) is 4.79 Å². The van der Waals surface area contributed by atoms with E-state index in [9.17, 15) is 9.59 Å². The van der Waals surface area contributed by atoms with Crippen molar-refractivity contribution < 1.29 is 14.3 Å². The number of hydrogen-bond donors (Lipinski definition) is 3. The van der Waals surface area contributed by atoms with Gasteiger partial charge in [0.15, 0.2) is 0 Å². The molecule has 1 atom stereocenters. The molecule has 35 heavy (non-hydrogen) atoms. The van der Waals surface area contributed by atoms with E-state index in [4.69, 9.17) is 4.74 Å². The molecule has 0 aliphatic rings. The third-order valence-corrected chi connectivity index (χ3v) is 5.63. The van der Waals surface area contributed by atoms with Crippen molar-refractivity contribution in [2.45, 2.75) is 45.6 Å². The largest absolute Gasteiger partial charge is 0.494 e. The summed E-state index contributed by atoms with van der Waals surface area (Å²) in [5.41, 5.74) is 2.98. The zero-order valence-electron chi connectivity index (χ0n) is 20.6. The predicted octanol–water partition coefficient (Wildman–Crippen LogP) is 6.19. The molecule has 0 saturated carbocycles. The number of rotatable bonds is 13. The average molecular weight is 474 g/mol. The number of carbonyl (C=O) groups excluding carboxylic acids is 2. The van der Waals surface area contributed by atoms with Crippen molar-refractivity contribution in [1.82, 2.24) is 5.32 Å². The van der Waals surface area contributed by atoms with Gasteiger partial charge in [0.25, 0.3) is 5.91 Å². The molecule has 0 fully saturated rings. The number of amides is 2. The number of ether oxygens (including phenoxy) is 1.